The lowest BCUT2D eigenvalue weighted by molar-refractivity contribution is -0.485. The van der Waals surface area contributed by atoms with Crippen LogP contribution in [0.5, 0.6) is 5.75 Å². The van der Waals surface area contributed by atoms with Crippen LogP contribution in [0.4, 0.5) is 0 Å². The molecule has 0 aliphatic heterocycles. The third kappa shape index (κ3) is 5.47. The summed E-state index contributed by atoms with van der Waals surface area (Å²) in [6.45, 7) is 0.0290. The quantitative estimate of drug-likeness (QED) is 0.137. The average molecular weight is 517 g/mol. The van der Waals surface area contributed by atoms with E-state index >= 15 is 0 Å². The summed E-state index contributed by atoms with van der Waals surface area (Å²) in [5.41, 5.74) is 21.6. The number of hydrogen-bond acceptors (Lipinski definition) is 6. The molecule has 11 nitrogen and oxygen atoms in total. The van der Waals surface area contributed by atoms with Crippen molar-refractivity contribution in [2.24, 2.45) is 22.3 Å². The maximum atomic E-state index is 14.3. The number of phenols is 1. The number of aromatic hydroxyl groups is 1. The molecule has 1 unspecified atom stereocenters. The van der Waals surface area contributed by atoms with Gasteiger partial charge >= 0.3 is 0 Å². The van der Waals surface area contributed by atoms with Gasteiger partial charge in [-0.1, -0.05) is 60.7 Å². The second kappa shape index (κ2) is 11.1. The summed E-state index contributed by atoms with van der Waals surface area (Å²) < 4.78 is 0. The number of primary amides is 1. The Morgan fingerprint density at radius 1 is 0.947 bits per heavy atom. The Bertz CT molecular complexity index is 1350. The minimum atomic E-state index is -1.09. The Kier molecular flexibility index (Phi) is 7.68. The van der Waals surface area contributed by atoms with E-state index in [-0.39, 0.29) is 31.0 Å². The van der Waals surface area contributed by atoms with Crippen molar-refractivity contribution in [2.75, 3.05) is 0 Å². The number of rotatable bonds is 10. The minimum absolute atomic E-state index is 0.00424. The first-order valence-electron chi connectivity index (χ1n) is 12.0. The topological polar surface area (TPSA) is 191 Å². The molecule has 1 aliphatic carbocycles. The SMILES string of the molecule is NC(=O)[C@H](CCC(N)C(N)=N[N+](=O)[O-])N(Cc1ccc(O)cc1)C(=O)C1c2ccccc2-c2ccccc21. The van der Waals surface area contributed by atoms with Crippen LogP contribution < -0.4 is 17.2 Å². The molecule has 0 heterocycles. The highest BCUT2D eigenvalue weighted by atomic mass is 16.7. The van der Waals surface area contributed by atoms with Gasteiger partial charge in [-0.2, -0.15) is 0 Å². The van der Waals surface area contributed by atoms with Crippen molar-refractivity contribution in [3.63, 3.8) is 0 Å². The second-order valence-electron chi connectivity index (χ2n) is 9.10. The fraction of sp³-hybridized carbons (Fsp3) is 0.222. The van der Waals surface area contributed by atoms with E-state index in [4.69, 9.17) is 17.2 Å². The third-order valence-electron chi connectivity index (χ3n) is 6.69. The average Bonchev–Trinajstić information content (AvgIpc) is 3.22. The van der Waals surface area contributed by atoms with Gasteiger partial charge in [-0.3, -0.25) is 9.59 Å². The molecule has 0 spiro atoms. The molecule has 11 heteroatoms. The highest BCUT2D eigenvalue weighted by Crippen LogP contribution is 2.45. The van der Waals surface area contributed by atoms with Crippen molar-refractivity contribution in [1.29, 1.82) is 0 Å². The molecule has 1 aliphatic rings. The smallest absolute Gasteiger partial charge is 0.240 e. The lowest BCUT2D eigenvalue weighted by atomic mass is 9.93. The Morgan fingerprint density at radius 2 is 1.50 bits per heavy atom. The Labute approximate surface area is 218 Å². The third-order valence-corrected chi connectivity index (χ3v) is 6.69. The monoisotopic (exact) mass is 516 g/mol. The molecule has 3 aromatic carbocycles. The summed E-state index contributed by atoms with van der Waals surface area (Å²) in [6.07, 6.45) is 0.0260. The van der Waals surface area contributed by atoms with Gasteiger partial charge in [-0.25, -0.2) is 10.1 Å². The summed E-state index contributed by atoms with van der Waals surface area (Å²) >= 11 is 0. The van der Waals surface area contributed by atoms with Crippen LogP contribution in [0.15, 0.2) is 77.9 Å². The minimum Gasteiger partial charge on any atom is -0.508 e. The number of carbonyl (C=O) groups is 2. The predicted octanol–water partition coefficient (Wildman–Crippen LogP) is 2.04. The standard InChI is InChI=1S/C27H28N6O5/c28-22(25(29)31-33(37)38)13-14-23(26(30)35)32(15-16-9-11-17(34)12-10-16)27(36)24-20-7-3-1-5-18(20)19-6-2-4-8-21(19)24/h1-12,22-24,34H,13-15,28H2,(H2,29,31)(H2,30,35)/t22?,23-/m0/s1. The number of nitro groups is 1. The number of nitrogens with two attached hydrogens (primary N) is 3. The van der Waals surface area contributed by atoms with Gasteiger partial charge in [0.1, 0.15) is 11.8 Å². The normalized spacial score (nSPS) is 14.3. The largest absolute Gasteiger partial charge is 0.508 e. The van der Waals surface area contributed by atoms with Crippen molar-refractivity contribution in [3.8, 4) is 16.9 Å². The van der Waals surface area contributed by atoms with Gasteiger partial charge in [0.2, 0.25) is 11.8 Å². The van der Waals surface area contributed by atoms with Crippen LogP contribution in [-0.4, -0.2) is 44.8 Å². The second-order valence-corrected chi connectivity index (χ2v) is 9.10. The van der Waals surface area contributed by atoms with Gasteiger partial charge in [0, 0.05) is 6.54 Å². The first-order valence-corrected chi connectivity index (χ1v) is 12.0. The number of carbonyl (C=O) groups excluding carboxylic acids is 2. The summed E-state index contributed by atoms with van der Waals surface area (Å²) in [5, 5.41) is 22.5. The van der Waals surface area contributed by atoms with E-state index in [2.05, 4.69) is 5.10 Å². The molecule has 0 fully saturated rings. The van der Waals surface area contributed by atoms with Crippen LogP contribution in [0.25, 0.3) is 11.1 Å². The molecule has 7 N–H and O–H groups in total. The molecule has 2 atom stereocenters. The Hall–Kier alpha value is -4.77. The number of hydrazone groups is 1. The van der Waals surface area contributed by atoms with Crippen LogP contribution in [0.1, 0.15) is 35.4 Å². The summed E-state index contributed by atoms with van der Waals surface area (Å²) in [6, 6.07) is 19.4. The van der Waals surface area contributed by atoms with Crippen molar-refractivity contribution >= 4 is 17.6 Å². The lowest BCUT2D eigenvalue weighted by Gasteiger charge is -2.33. The number of benzene rings is 3. The summed E-state index contributed by atoms with van der Waals surface area (Å²) in [4.78, 5) is 39.1. The van der Waals surface area contributed by atoms with E-state index in [0.29, 0.717) is 5.56 Å². The fourth-order valence-electron chi connectivity index (χ4n) is 4.83. The molecule has 0 aromatic heterocycles. The van der Waals surface area contributed by atoms with Crippen LogP contribution in [0.2, 0.25) is 0 Å². The van der Waals surface area contributed by atoms with E-state index < -0.39 is 34.8 Å². The van der Waals surface area contributed by atoms with E-state index in [0.717, 1.165) is 22.3 Å². The van der Waals surface area contributed by atoms with Crippen LogP contribution in [0.3, 0.4) is 0 Å². The number of hydrogen-bond donors (Lipinski definition) is 4. The first-order chi connectivity index (χ1) is 18.2. The maximum Gasteiger partial charge on any atom is 0.240 e. The summed E-state index contributed by atoms with van der Waals surface area (Å²) in [5.74, 6) is -2.10. The fourth-order valence-corrected chi connectivity index (χ4v) is 4.83. The van der Waals surface area contributed by atoms with Crippen LogP contribution >= 0.6 is 0 Å². The first kappa shape index (κ1) is 26.3. The van der Waals surface area contributed by atoms with E-state index in [1.165, 1.54) is 17.0 Å². The highest BCUT2D eigenvalue weighted by Gasteiger charge is 2.39. The maximum absolute atomic E-state index is 14.3. The predicted molar refractivity (Wildman–Crippen MR) is 141 cm³/mol. The van der Waals surface area contributed by atoms with E-state index in [1.807, 2.05) is 48.5 Å². The molecule has 2 amide bonds. The zero-order valence-electron chi connectivity index (χ0n) is 20.4. The molecule has 38 heavy (non-hydrogen) atoms. The molecule has 0 saturated heterocycles. The summed E-state index contributed by atoms with van der Waals surface area (Å²) in [7, 11) is 0. The van der Waals surface area contributed by atoms with E-state index in [9.17, 15) is 24.8 Å². The Morgan fingerprint density at radius 3 is 2.03 bits per heavy atom. The number of phenolic OH excluding ortho intramolecular Hbond substituents is 1. The lowest BCUT2D eigenvalue weighted by Crippen LogP contribution is -2.50. The zero-order chi connectivity index (χ0) is 27.4. The van der Waals surface area contributed by atoms with Gasteiger partial charge < -0.3 is 27.2 Å². The van der Waals surface area contributed by atoms with Crippen molar-refractivity contribution in [3.05, 3.63) is 99.6 Å². The van der Waals surface area contributed by atoms with Gasteiger partial charge in [-0.15, -0.1) is 0 Å². The van der Waals surface area contributed by atoms with E-state index in [1.54, 1.807) is 12.1 Å². The van der Waals surface area contributed by atoms with Crippen LogP contribution in [0, 0.1) is 10.1 Å². The van der Waals surface area contributed by atoms with Crippen LogP contribution in [-0.2, 0) is 16.1 Å². The van der Waals surface area contributed by atoms with Gasteiger partial charge in [-0.05, 0) is 52.8 Å². The molecule has 4 rings (SSSR count). The molecule has 3 aromatic rings. The molecule has 0 saturated carbocycles. The molecule has 196 valence electrons. The van der Waals surface area contributed by atoms with Crippen molar-refractivity contribution in [1.82, 2.24) is 4.90 Å². The molecule has 0 bridgehead atoms. The number of amidine groups is 1. The van der Waals surface area contributed by atoms with Crippen molar-refractivity contribution < 1.29 is 19.7 Å². The molecular weight excluding hydrogens is 488 g/mol. The number of amides is 2. The van der Waals surface area contributed by atoms with Crippen molar-refractivity contribution in [2.45, 2.75) is 37.4 Å². The van der Waals surface area contributed by atoms with Gasteiger partial charge in [0.25, 0.3) is 0 Å². The Balaban J connectivity index is 1.72. The number of nitrogens with zero attached hydrogens (tertiary/aromatic N) is 3. The zero-order valence-corrected chi connectivity index (χ0v) is 20.4. The van der Waals surface area contributed by atoms with Gasteiger partial charge in [0.05, 0.1) is 17.1 Å². The molecular formula is C27H28N6O5. The highest BCUT2D eigenvalue weighted by molar-refractivity contribution is 5.98. The number of fused-ring (bicyclic) bond motifs is 3. The molecule has 0 radical (unpaired) electrons. The van der Waals surface area contributed by atoms with Gasteiger partial charge in [0.15, 0.2) is 10.9 Å².